The SMILES string of the molecule is O=C(ONC1=N[C@H](CO)[C@@H](O[C@@H]2O[C@H](CO)[C@@H](O)[C@H](O)[C@H]2O)[C@H](O)[C@H]1O)c1ccccc1. The van der Waals surface area contributed by atoms with E-state index in [1.807, 2.05) is 0 Å². The van der Waals surface area contributed by atoms with Gasteiger partial charge in [0.05, 0.1) is 18.8 Å². The molecule has 13 nitrogen and oxygen atoms in total. The Labute approximate surface area is 182 Å². The molecular weight excluding hydrogens is 432 g/mol. The molecule has 1 saturated heterocycles. The van der Waals surface area contributed by atoms with Crippen molar-refractivity contribution in [2.24, 2.45) is 4.99 Å². The summed E-state index contributed by atoms with van der Waals surface area (Å²) in [6.07, 6.45) is -12.9. The maximum absolute atomic E-state index is 12.0. The van der Waals surface area contributed by atoms with Crippen LogP contribution in [0.15, 0.2) is 35.3 Å². The van der Waals surface area contributed by atoms with Gasteiger partial charge in [0.25, 0.3) is 0 Å². The molecule has 0 amide bonds. The van der Waals surface area contributed by atoms with Gasteiger partial charge < -0.3 is 50.1 Å². The summed E-state index contributed by atoms with van der Waals surface area (Å²) >= 11 is 0. The zero-order valence-electron chi connectivity index (χ0n) is 16.7. The van der Waals surface area contributed by atoms with Gasteiger partial charge in [0.15, 0.2) is 12.1 Å². The van der Waals surface area contributed by atoms with Gasteiger partial charge in [-0.3, -0.25) is 4.99 Å². The smallest absolute Gasteiger partial charge is 0.362 e. The minimum atomic E-state index is -1.76. The molecule has 0 aromatic heterocycles. The van der Waals surface area contributed by atoms with Crippen LogP contribution in [0.3, 0.4) is 0 Å². The molecular formula is C19H26N2O11. The monoisotopic (exact) mass is 458 g/mol. The standard InChI is InChI=1S/C19H26N2O11/c22-6-9-16(31-19-15(28)12(25)11(24)10(7-23)30-19)13(26)14(27)17(20-9)21-32-18(29)8-4-2-1-3-5-8/h1-5,9-16,19,22-28H,6-7H2,(H,20,21)/t9-,10-,11-,12+,13-,14-,15-,16-,19+/m1/s1. The number of aliphatic hydroxyl groups excluding tert-OH is 7. The molecule has 0 spiro atoms. The van der Waals surface area contributed by atoms with Crippen molar-refractivity contribution in [3.05, 3.63) is 35.9 Å². The third-order valence-corrected chi connectivity index (χ3v) is 5.21. The number of nitrogens with zero attached hydrogens (tertiary/aromatic N) is 1. The molecule has 9 atom stereocenters. The molecule has 2 heterocycles. The Morgan fingerprint density at radius 3 is 2.28 bits per heavy atom. The Bertz CT molecular complexity index is 793. The summed E-state index contributed by atoms with van der Waals surface area (Å²) in [5, 5.41) is 69.6. The maximum Gasteiger partial charge on any atom is 0.362 e. The van der Waals surface area contributed by atoms with Crippen molar-refractivity contribution in [3.8, 4) is 0 Å². The van der Waals surface area contributed by atoms with Gasteiger partial charge in [-0.1, -0.05) is 18.2 Å². The van der Waals surface area contributed by atoms with Crippen LogP contribution in [0, 0.1) is 0 Å². The van der Waals surface area contributed by atoms with Crippen LogP contribution in [0.2, 0.25) is 0 Å². The maximum atomic E-state index is 12.0. The van der Waals surface area contributed by atoms with Crippen LogP contribution in [0.25, 0.3) is 0 Å². The summed E-state index contributed by atoms with van der Waals surface area (Å²) in [5.41, 5.74) is 2.38. The van der Waals surface area contributed by atoms with Crippen molar-refractivity contribution in [2.75, 3.05) is 13.2 Å². The Balaban J connectivity index is 1.70. The normalized spacial score (nSPS) is 37.5. The molecule has 3 rings (SSSR count). The summed E-state index contributed by atoms with van der Waals surface area (Å²) in [5.74, 6) is -1.13. The summed E-state index contributed by atoms with van der Waals surface area (Å²) in [4.78, 5) is 20.9. The van der Waals surface area contributed by atoms with E-state index in [4.69, 9.17) is 14.3 Å². The lowest BCUT2D eigenvalue weighted by atomic mass is 9.96. The van der Waals surface area contributed by atoms with Crippen LogP contribution < -0.4 is 5.48 Å². The highest BCUT2D eigenvalue weighted by Crippen LogP contribution is 2.27. The zero-order valence-corrected chi connectivity index (χ0v) is 16.7. The number of hydroxylamine groups is 1. The first-order chi connectivity index (χ1) is 15.3. The van der Waals surface area contributed by atoms with Crippen molar-refractivity contribution in [3.63, 3.8) is 0 Å². The number of carbonyl (C=O) groups excluding carboxylic acids is 1. The van der Waals surface area contributed by atoms with Crippen LogP contribution in [-0.2, 0) is 14.3 Å². The molecule has 8 N–H and O–H groups in total. The van der Waals surface area contributed by atoms with Crippen molar-refractivity contribution in [2.45, 2.75) is 55.1 Å². The van der Waals surface area contributed by atoms with Crippen LogP contribution >= 0.6 is 0 Å². The van der Waals surface area contributed by atoms with Crippen LogP contribution in [-0.4, -0.2) is 116 Å². The highest BCUT2D eigenvalue weighted by Gasteiger charge is 2.48. The van der Waals surface area contributed by atoms with E-state index in [0.29, 0.717) is 0 Å². The second-order valence-corrected chi connectivity index (χ2v) is 7.36. The number of carbonyl (C=O) groups is 1. The first-order valence-corrected chi connectivity index (χ1v) is 9.81. The summed E-state index contributed by atoms with van der Waals surface area (Å²) < 4.78 is 10.7. The van der Waals surface area contributed by atoms with E-state index >= 15 is 0 Å². The van der Waals surface area contributed by atoms with Crippen LogP contribution in [0.5, 0.6) is 0 Å². The molecule has 0 radical (unpaired) electrons. The summed E-state index contributed by atoms with van der Waals surface area (Å²) in [6, 6.07) is 6.75. The molecule has 0 saturated carbocycles. The topological polar surface area (TPSA) is 211 Å². The molecule has 0 aliphatic carbocycles. The average molecular weight is 458 g/mol. The second kappa shape index (κ2) is 10.6. The molecule has 2 aliphatic rings. The number of ether oxygens (including phenoxy) is 2. The average Bonchev–Trinajstić information content (AvgIpc) is 2.81. The lowest BCUT2D eigenvalue weighted by Crippen LogP contribution is -2.63. The Hall–Kier alpha value is -2.20. The molecule has 0 unspecified atom stereocenters. The van der Waals surface area contributed by atoms with Gasteiger partial charge in [-0.05, 0) is 12.1 Å². The molecule has 1 aromatic carbocycles. The van der Waals surface area contributed by atoms with Gasteiger partial charge >= 0.3 is 5.97 Å². The molecule has 178 valence electrons. The van der Waals surface area contributed by atoms with Gasteiger partial charge in [-0.2, -0.15) is 0 Å². The molecule has 13 heteroatoms. The van der Waals surface area contributed by atoms with E-state index in [1.165, 1.54) is 12.1 Å². The lowest BCUT2D eigenvalue weighted by Gasteiger charge is -2.43. The van der Waals surface area contributed by atoms with Crippen molar-refractivity contribution in [1.29, 1.82) is 0 Å². The third-order valence-electron chi connectivity index (χ3n) is 5.21. The van der Waals surface area contributed by atoms with Gasteiger partial charge in [-0.15, -0.1) is 0 Å². The fourth-order valence-corrected chi connectivity index (χ4v) is 3.37. The van der Waals surface area contributed by atoms with Crippen molar-refractivity contribution in [1.82, 2.24) is 5.48 Å². The highest BCUT2D eigenvalue weighted by molar-refractivity contribution is 5.92. The summed E-state index contributed by atoms with van der Waals surface area (Å²) in [7, 11) is 0. The summed E-state index contributed by atoms with van der Waals surface area (Å²) in [6.45, 7) is -1.37. The number of rotatable bonds is 5. The van der Waals surface area contributed by atoms with Gasteiger partial charge in [0.1, 0.15) is 48.8 Å². The molecule has 2 aliphatic heterocycles. The number of aliphatic imine (C=N–C) groups is 1. The van der Waals surface area contributed by atoms with E-state index in [9.17, 15) is 40.5 Å². The van der Waals surface area contributed by atoms with Gasteiger partial charge in [0, 0.05) is 0 Å². The minimum Gasteiger partial charge on any atom is -0.394 e. The quantitative estimate of drug-likeness (QED) is 0.199. The molecule has 1 fully saturated rings. The van der Waals surface area contributed by atoms with E-state index in [1.54, 1.807) is 18.2 Å². The molecule has 0 bridgehead atoms. The number of hydrogen-bond donors (Lipinski definition) is 8. The number of hydrogen-bond acceptors (Lipinski definition) is 13. The highest BCUT2D eigenvalue weighted by atomic mass is 16.7. The lowest BCUT2D eigenvalue weighted by molar-refractivity contribution is -0.321. The third kappa shape index (κ3) is 5.06. The predicted octanol–water partition coefficient (Wildman–Crippen LogP) is -3.97. The largest absolute Gasteiger partial charge is 0.394 e. The van der Waals surface area contributed by atoms with E-state index < -0.39 is 74.2 Å². The fraction of sp³-hybridized carbons (Fsp3) is 0.579. The predicted molar refractivity (Wildman–Crippen MR) is 104 cm³/mol. The zero-order chi connectivity index (χ0) is 23.4. The van der Waals surface area contributed by atoms with E-state index in [-0.39, 0.29) is 11.4 Å². The number of aliphatic hydroxyl groups is 7. The second-order valence-electron chi connectivity index (χ2n) is 7.36. The van der Waals surface area contributed by atoms with E-state index in [0.717, 1.165) is 0 Å². The van der Waals surface area contributed by atoms with Crippen LogP contribution in [0.4, 0.5) is 0 Å². The first kappa shape index (κ1) is 24.4. The Kier molecular flexibility index (Phi) is 8.10. The fourth-order valence-electron chi connectivity index (χ4n) is 3.37. The minimum absolute atomic E-state index is 0.217. The molecule has 1 aromatic rings. The van der Waals surface area contributed by atoms with Gasteiger partial charge in [0.2, 0.25) is 0 Å². The Morgan fingerprint density at radius 1 is 0.969 bits per heavy atom. The van der Waals surface area contributed by atoms with E-state index in [2.05, 4.69) is 10.5 Å². The Morgan fingerprint density at radius 2 is 1.66 bits per heavy atom. The first-order valence-electron chi connectivity index (χ1n) is 9.81. The van der Waals surface area contributed by atoms with Gasteiger partial charge in [-0.25, -0.2) is 10.3 Å². The van der Waals surface area contributed by atoms with Crippen LogP contribution in [0.1, 0.15) is 10.4 Å². The van der Waals surface area contributed by atoms with Crippen molar-refractivity contribution >= 4 is 11.8 Å². The van der Waals surface area contributed by atoms with Crippen molar-refractivity contribution < 1.29 is 54.9 Å². The number of nitrogens with one attached hydrogen (secondary N) is 1. The number of benzene rings is 1. The molecule has 32 heavy (non-hydrogen) atoms. The number of amidine groups is 1.